The number of nitrogens with one attached hydrogen (secondary N) is 2. The first-order chi connectivity index (χ1) is 15.1. The van der Waals surface area contributed by atoms with Crippen LogP contribution in [0, 0.1) is 0 Å². The molecule has 4 rings (SSSR count). The second kappa shape index (κ2) is 10.2. The standard InChI is InChI=1S/C24H30ClN5O/c1-30(2)23-21-8-3-4-9-22(21)28-24(29-23)27-19-12-10-18(11-13-19)26-14-15-31-20-7-5-6-17(25)16-20/h3-9,16,18-19,26H,10-15H2,1-2H3,(H,27,28,29)/t18-,19+. The first kappa shape index (κ1) is 21.7. The highest BCUT2D eigenvalue weighted by Gasteiger charge is 2.22. The third-order valence-electron chi connectivity index (χ3n) is 5.67. The molecule has 31 heavy (non-hydrogen) atoms. The molecule has 7 heteroatoms. The molecule has 1 fully saturated rings. The molecule has 0 atom stereocenters. The third-order valence-corrected chi connectivity index (χ3v) is 5.90. The van der Waals surface area contributed by atoms with E-state index in [1.165, 1.54) is 0 Å². The van der Waals surface area contributed by atoms with Gasteiger partial charge < -0.3 is 20.3 Å². The summed E-state index contributed by atoms with van der Waals surface area (Å²) in [6.45, 7) is 1.46. The van der Waals surface area contributed by atoms with Crippen LogP contribution in [0.2, 0.25) is 5.02 Å². The molecule has 0 aliphatic heterocycles. The molecule has 164 valence electrons. The van der Waals surface area contributed by atoms with Crippen LogP contribution in [0.1, 0.15) is 25.7 Å². The van der Waals surface area contributed by atoms with Crippen molar-refractivity contribution in [3.8, 4) is 5.75 Å². The highest BCUT2D eigenvalue weighted by molar-refractivity contribution is 6.30. The number of rotatable bonds is 8. The zero-order valence-electron chi connectivity index (χ0n) is 18.1. The van der Waals surface area contributed by atoms with E-state index >= 15 is 0 Å². The van der Waals surface area contributed by atoms with Crippen LogP contribution in [0.25, 0.3) is 10.9 Å². The Morgan fingerprint density at radius 2 is 1.77 bits per heavy atom. The second-order valence-electron chi connectivity index (χ2n) is 8.24. The van der Waals surface area contributed by atoms with Gasteiger partial charge in [0.25, 0.3) is 0 Å². The lowest BCUT2D eigenvalue weighted by Crippen LogP contribution is -2.38. The minimum absolute atomic E-state index is 0.400. The van der Waals surface area contributed by atoms with Gasteiger partial charge >= 0.3 is 0 Å². The van der Waals surface area contributed by atoms with E-state index in [1.54, 1.807) is 0 Å². The van der Waals surface area contributed by atoms with Gasteiger partial charge in [-0.05, 0) is 56.0 Å². The van der Waals surface area contributed by atoms with Crippen molar-refractivity contribution < 1.29 is 4.74 Å². The molecular formula is C24H30ClN5O. The number of hydrogen-bond donors (Lipinski definition) is 2. The van der Waals surface area contributed by atoms with E-state index in [0.717, 1.165) is 54.7 Å². The van der Waals surface area contributed by atoms with Crippen molar-refractivity contribution in [3.63, 3.8) is 0 Å². The molecule has 0 amide bonds. The number of benzene rings is 2. The highest BCUT2D eigenvalue weighted by atomic mass is 35.5. The Bertz CT molecular complexity index is 1000. The Balaban J connectivity index is 1.25. The number of hydrogen-bond acceptors (Lipinski definition) is 6. The van der Waals surface area contributed by atoms with Gasteiger partial charge in [-0.25, -0.2) is 4.98 Å². The Hall–Kier alpha value is -2.57. The summed E-state index contributed by atoms with van der Waals surface area (Å²) < 4.78 is 5.76. The predicted molar refractivity (Wildman–Crippen MR) is 128 cm³/mol. The van der Waals surface area contributed by atoms with Crippen LogP contribution in [0.4, 0.5) is 11.8 Å². The Kier molecular flexibility index (Phi) is 7.10. The van der Waals surface area contributed by atoms with Gasteiger partial charge in [0.05, 0.1) is 5.52 Å². The number of halogens is 1. The maximum absolute atomic E-state index is 5.99. The van der Waals surface area contributed by atoms with Crippen molar-refractivity contribution in [1.82, 2.24) is 15.3 Å². The molecule has 2 N–H and O–H groups in total. The van der Waals surface area contributed by atoms with Crippen LogP contribution < -0.4 is 20.3 Å². The van der Waals surface area contributed by atoms with E-state index in [2.05, 4.69) is 16.7 Å². The summed E-state index contributed by atoms with van der Waals surface area (Å²) in [6.07, 6.45) is 4.45. The number of aromatic nitrogens is 2. The van der Waals surface area contributed by atoms with E-state index in [-0.39, 0.29) is 0 Å². The fourth-order valence-corrected chi connectivity index (χ4v) is 4.26. The zero-order valence-corrected chi connectivity index (χ0v) is 18.9. The van der Waals surface area contributed by atoms with E-state index in [4.69, 9.17) is 26.3 Å². The lowest BCUT2D eigenvalue weighted by Gasteiger charge is -2.30. The molecule has 1 aromatic heterocycles. The molecule has 0 saturated heterocycles. The van der Waals surface area contributed by atoms with Crippen LogP contribution in [0.3, 0.4) is 0 Å². The first-order valence-electron chi connectivity index (χ1n) is 10.9. The quantitative estimate of drug-likeness (QED) is 0.494. The number of anilines is 2. The van der Waals surface area contributed by atoms with Gasteiger partial charge in [0.1, 0.15) is 18.2 Å². The average molecular weight is 440 g/mol. The van der Waals surface area contributed by atoms with Gasteiger partial charge in [-0.15, -0.1) is 0 Å². The van der Waals surface area contributed by atoms with Crippen molar-refractivity contribution in [3.05, 3.63) is 53.6 Å². The normalized spacial score (nSPS) is 18.7. The molecule has 0 radical (unpaired) electrons. The van der Waals surface area contributed by atoms with Crippen LogP contribution in [0.15, 0.2) is 48.5 Å². The maximum Gasteiger partial charge on any atom is 0.225 e. The number of ether oxygens (including phenoxy) is 1. The molecule has 0 bridgehead atoms. The fraction of sp³-hybridized carbons (Fsp3) is 0.417. The predicted octanol–water partition coefficient (Wildman–Crippen LogP) is 4.74. The van der Waals surface area contributed by atoms with Crippen LogP contribution in [0.5, 0.6) is 5.75 Å². The summed E-state index contributed by atoms with van der Waals surface area (Å²) >= 11 is 5.99. The smallest absolute Gasteiger partial charge is 0.225 e. The third kappa shape index (κ3) is 5.77. The fourth-order valence-electron chi connectivity index (χ4n) is 4.08. The van der Waals surface area contributed by atoms with Gasteiger partial charge in [0.15, 0.2) is 0 Å². The van der Waals surface area contributed by atoms with E-state index < -0.39 is 0 Å². The van der Waals surface area contributed by atoms with Crippen LogP contribution in [-0.2, 0) is 0 Å². The van der Waals surface area contributed by atoms with Crippen molar-refractivity contribution in [2.45, 2.75) is 37.8 Å². The second-order valence-corrected chi connectivity index (χ2v) is 8.67. The molecule has 1 heterocycles. The van der Waals surface area contributed by atoms with Gasteiger partial charge in [-0.2, -0.15) is 4.98 Å². The van der Waals surface area contributed by atoms with Crippen molar-refractivity contribution in [1.29, 1.82) is 0 Å². The SMILES string of the molecule is CN(C)c1nc(N[C@H]2CC[C@@H](NCCOc3cccc(Cl)c3)CC2)nc2ccccc12. The summed E-state index contributed by atoms with van der Waals surface area (Å²) in [5.74, 6) is 2.48. The van der Waals surface area contributed by atoms with Crippen molar-refractivity contribution in [2.75, 3.05) is 37.5 Å². The maximum atomic E-state index is 5.99. The first-order valence-corrected chi connectivity index (χ1v) is 11.3. The number of fused-ring (bicyclic) bond motifs is 1. The molecule has 1 aliphatic carbocycles. The van der Waals surface area contributed by atoms with E-state index in [0.29, 0.717) is 29.7 Å². The molecule has 1 saturated carbocycles. The largest absolute Gasteiger partial charge is 0.492 e. The summed E-state index contributed by atoms with van der Waals surface area (Å²) in [7, 11) is 4.04. The van der Waals surface area contributed by atoms with Gasteiger partial charge in [0, 0.05) is 43.1 Å². The van der Waals surface area contributed by atoms with Gasteiger partial charge in [0.2, 0.25) is 5.95 Å². The molecule has 6 nitrogen and oxygen atoms in total. The van der Waals surface area contributed by atoms with Crippen molar-refractivity contribution >= 4 is 34.3 Å². The average Bonchev–Trinajstić information content (AvgIpc) is 2.77. The lowest BCUT2D eigenvalue weighted by molar-refractivity contribution is 0.285. The Labute approximate surface area is 189 Å². The molecule has 2 aromatic carbocycles. The van der Waals surface area contributed by atoms with E-state index in [1.807, 2.05) is 61.5 Å². The summed E-state index contributed by atoms with van der Waals surface area (Å²) in [4.78, 5) is 11.6. The Morgan fingerprint density at radius 1 is 1.00 bits per heavy atom. The highest BCUT2D eigenvalue weighted by Crippen LogP contribution is 2.26. The summed E-state index contributed by atoms with van der Waals surface area (Å²) in [6, 6.07) is 16.6. The monoisotopic (exact) mass is 439 g/mol. The topological polar surface area (TPSA) is 62.3 Å². The van der Waals surface area contributed by atoms with Gasteiger partial charge in [-0.3, -0.25) is 0 Å². The molecular weight excluding hydrogens is 410 g/mol. The molecule has 0 spiro atoms. The number of nitrogens with zero attached hydrogens (tertiary/aromatic N) is 3. The van der Waals surface area contributed by atoms with Crippen molar-refractivity contribution in [2.24, 2.45) is 0 Å². The molecule has 0 unspecified atom stereocenters. The minimum atomic E-state index is 0.400. The lowest BCUT2D eigenvalue weighted by atomic mass is 9.91. The van der Waals surface area contributed by atoms with Gasteiger partial charge in [-0.1, -0.05) is 29.8 Å². The molecule has 1 aliphatic rings. The molecule has 3 aromatic rings. The van der Waals surface area contributed by atoms with Crippen LogP contribution in [-0.4, -0.2) is 49.3 Å². The van der Waals surface area contributed by atoms with E-state index in [9.17, 15) is 0 Å². The Morgan fingerprint density at radius 3 is 2.55 bits per heavy atom. The summed E-state index contributed by atoms with van der Waals surface area (Å²) in [5, 5.41) is 8.96. The minimum Gasteiger partial charge on any atom is -0.492 e. The number of para-hydroxylation sites is 1. The zero-order chi connectivity index (χ0) is 21.6. The summed E-state index contributed by atoms with van der Waals surface area (Å²) in [5.41, 5.74) is 0.971. The van der Waals surface area contributed by atoms with Crippen LogP contribution >= 0.6 is 11.6 Å².